The third-order valence-electron chi connectivity index (χ3n) is 5.67. The summed E-state index contributed by atoms with van der Waals surface area (Å²) in [5.74, 6) is 0.529. The Kier molecular flexibility index (Phi) is 5.39. The Morgan fingerprint density at radius 3 is 2.45 bits per heavy atom. The van der Waals surface area contributed by atoms with E-state index < -0.39 is 11.2 Å². The summed E-state index contributed by atoms with van der Waals surface area (Å²) >= 11 is 6.12. The topological polar surface area (TPSA) is 75.5 Å². The summed E-state index contributed by atoms with van der Waals surface area (Å²) in [6.45, 7) is 2.83. The molecule has 0 saturated carbocycles. The van der Waals surface area contributed by atoms with Crippen molar-refractivity contribution in [2.24, 2.45) is 7.05 Å². The van der Waals surface area contributed by atoms with Crippen molar-refractivity contribution < 1.29 is 4.74 Å². The van der Waals surface area contributed by atoms with Crippen LogP contribution in [0.15, 0.2) is 70.4 Å². The molecule has 0 aliphatic carbocycles. The summed E-state index contributed by atoms with van der Waals surface area (Å²) in [4.78, 5) is 31.0. The van der Waals surface area contributed by atoms with E-state index in [4.69, 9.17) is 21.3 Å². The van der Waals surface area contributed by atoms with Gasteiger partial charge in [0.05, 0.1) is 18.8 Å². The fourth-order valence-electron chi connectivity index (χ4n) is 4.05. The van der Waals surface area contributed by atoms with E-state index in [1.807, 2.05) is 60.2 Å². The molecular weight excluding hydrogens is 442 g/mol. The van der Waals surface area contributed by atoms with Gasteiger partial charge < -0.3 is 4.74 Å². The molecule has 2 aromatic carbocycles. The van der Waals surface area contributed by atoms with Gasteiger partial charge in [0.25, 0.3) is 5.56 Å². The Balaban J connectivity index is 1.85. The molecule has 0 unspecified atom stereocenters. The smallest absolute Gasteiger partial charge is 0.332 e. The second-order valence-electron chi connectivity index (χ2n) is 7.64. The molecule has 0 spiro atoms. The zero-order valence-electron chi connectivity index (χ0n) is 18.2. The van der Waals surface area contributed by atoms with Crippen molar-refractivity contribution in [1.29, 1.82) is 0 Å². The van der Waals surface area contributed by atoms with Crippen LogP contribution < -0.4 is 11.2 Å². The highest BCUT2D eigenvalue weighted by atomic mass is 35.5. The minimum absolute atomic E-state index is 0.173. The van der Waals surface area contributed by atoms with Crippen LogP contribution in [0, 0.1) is 0 Å². The molecule has 9 heteroatoms. The Labute approximate surface area is 193 Å². The van der Waals surface area contributed by atoms with Gasteiger partial charge in [-0.05, 0) is 31.2 Å². The first-order valence-electron chi connectivity index (χ1n) is 10.6. The normalized spacial score (nSPS) is 11.6. The predicted octanol–water partition coefficient (Wildman–Crippen LogP) is 3.50. The largest absolute Gasteiger partial charge is 0.380 e. The molecule has 5 rings (SSSR count). The molecule has 3 heterocycles. The minimum atomic E-state index is -0.422. The molecule has 8 nitrogen and oxygen atoms in total. The number of aryl methyl sites for hydroxylation is 1. The van der Waals surface area contributed by atoms with Gasteiger partial charge in [-0.25, -0.2) is 4.79 Å². The molecule has 0 N–H and O–H groups in total. The van der Waals surface area contributed by atoms with E-state index >= 15 is 0 Å². The third-order valence-corrected chi connectivity index (χ3v) is 5.92. The summed E-state index contributed by atoms with van der Waals surface area (Å²) in [5, 5.41) is 0.622. The van der Waals surface area contributed by atoms with Crippen LogP contribution in [0.25, 0.3) is 33.9 Å². The fourth-order valence-corrected chi connectivity index (χ4v) is 4.18. The average Bonchev–Trinajstić information content (AvgIpc) is 3.38. The van der Waals surface area contributed by atoms with Crippen molar-refractivity contribution in [2.75, 3.05) is 13.2 Å². The highest BCUT2D eigenvalue weighted by Crippen LogP contribution is 2.29. The van der Waals surface area contributed by atoms with E-state index in [1.165, 1.54) is 9.13 Å². The lowest BCUT2D eigenvalue weighted by molar-refractivity contribution is 0.137. The van der Waals surface area contributed by atoms with Gasteiger partial charge >= 0.3 is 5.69 Å². The Morgan fingerprint density at radius 2 is 1.76 bits per heavy atom. The molecule has 0 saturated heterocycles. The SMILES string of the molecule is CCOCCn1c(=O)c2c(nc3n(-c4ccc(Cl)cc4)c(-c4ccccc4)cn23)n(C)c1=O. The zero-order chi connectivity index (χ0) is 23.1. The van der Waals surface area contributed by atoms with E-state index in [9.17, 15) is 9.59 Å². The minimum Gasteiger partial charge on any atom is -0.380 e. The standard InChI is InChI=1S/C24H22ClN5O3/c1-3-33-14-13-28-22(31)20-21(27(2)24(28)32)26-23-29(20)15-19(16-7-5-4-6-8-16)30(23)18-11-9-17(25)10-12-18/h4-12,15H,3,13-14H2,1-2H3. The number of ether oxygens (including phenoxy) is 1. The van der Waals surface area contributed by atoms with Crippen molar-refractivity contribution in [3.05, 3.63) is 86.7 Å². The molecule has 0 atom stereocenters. The monoisotopic (exact) mass is 463 g/mol. The molecule has 168 valence electrons. The number of rotatable bonds is 6. The lowest BCUT2D eigenvalue weighted by Crippen LogP contribution is -2.40. The number of fused-ring (bicyclic) bond motifs is 3. The summed E-state index contributed by atoms with van der Waals surface area (Å²) < 4.78 is 11.7. The van der Waals surface area contributed by atoms with E-state index in [2.05, 4.69) is 0 Å². The average molecular weight is 464 g/mol. The number of aromatic nitrogens is 5. The maximum absolute atomic E-state index is 13.4. The van der Waals surface area contributed by atoms with Crippen LogP contribution in [0.5, 0.6) is 0 Å². The van der Waals surface area contributed by atoms with Gasteiger partial charge in [0.2, 0.25) is 5.78 Å². The Hall–Kier alpha value is -3.62. The first kappa shape index (κ1) is 21.2. The van der Waals surface area contributed by atoms with E-state index in [0.29, 0.717) is 28.6 Å². The van der Waals surface area contributed by atoms with E-state index in [-0.39, 0.29) is 13.2 Å². The van der Waals surface area contributed by atoms with Gasteiger partial charge in [-0.2, -0.15) is 4.98 Å². The lowest BCUT2D eigenvalue weighted by Gasteiger charge is -2.09. The highest BCUT2D eigenvalue weighted by Gasteiger charge is 2.22. The number of hydrogen-bond donors (Lipinski definition) is 0. The quantitative estimate of drug-likeness (QED) is 0.361. The number of benzene rings is 2. The highest BCUT2D eigenvalue weighted by molar-refractivity contribution is 6.30. The summed E-state index contributed by atoms with van der Waals surface area (Å²) in [6.07, 6.45) is 1.88. The summed E-state index contributed by atoms with van der Waals surface area (Å²) in [7, 11) is 1.62. The van der Waals surface area contributed by atoms with Gasteiger partial charge in [-0.1, -0.05) is 41.9 Å². The third kappa shape index (κ3) is 3.48. The van der Waals surface area contributed by atoms with Crippen LogP contribution in [-0.2, 0) is 18.3 Å². The first-order chi connectivity index (χ1) is 16.0. The molecule has 0 amide bonds. The van der Waals surface area contributed by atoms with Gasteiger partial charge in [0.15, 0.2) is 11.2 Å². The number of imidazole rings is 2. The van der Waals surface area contributed by atoms with Crippen molar-refractivity contribution in [3.8, 4) is 16.9 Å². The van der Waals surface area contributed by atoms with Gasteiger partial charge in [-0.15, -0.1) is 0 Å². The zero-order valence-corrected chi connectivity index (χ0v) is 19.0. The molecule has 0 radical (unpaired) electrons. The Morgan fingerprint density at radius 1 is 1.03 bits per heavy atom. The van der Waals surface area contributed by atoms with Crippen LogP contribution in [0.2, 0.25) is 5.02 Å². The Bertz CT molecular complexity index is 1580. The van der Waals surface area contributed by atoms with Crippen LogP contribution in [0.4, 0.5) is 0 Å². The van der Waals surface area contributed by atoms with Crippen molar-refractivity contribution >= 4 is 28.5 Å². The maximum Gasteiger partial charge on any atom is 0.332 e. The molecule has 33 heavy (non-hydrogen) atoms. The second kappa shape index (κ2) is 8.38. The summed E-state index contributed by atoms with van der Waals surface area (Å²) in [6, 6.07) is 17.3. The second-order valence-corrected chi connectivity index (χ2v) is 8.08. The summed E-state index contributed by atoms with van der Waals surface area (Å²) in [5.41, 5.74) is 2.51. The molecule has 5 aromatic rings. The van der Waals surface area contributed by atoms with Gasteiger partial charge in [0, 0.05) is 36.1 Å². The molecule has 0 fully saturated rings. The molecule has 3 aromatic heterocycles. The van der Waals surface area contributed by atoms with E-state index in [1.54, 1.807) is 23.6 Å². The van der Waals surface area contributed by atoms with Crippen molar-refractivity contribution in [1.82, 2.24) is 23.1 Å². The van der Waals surface area contributed by atoms with Crippen LogP contribution in [0.3, 0.4) is 0 Å². The van der Waals surface area contributed by atoms with E-state index in [0.717, 1.165) is 16.9 Å². The number of hydrogen-bond acceptors (Lipinski definition) is 4. The maximum atomic E-state index is 13.4. The molecule has 0 aliphatic heterocycles. The molecular formula is C24H22ClN5O3. The van der Waals surface area contributed by atoms with Crippen molar-refractivity contribution in [3.63, 3.8) is 0 Å². The number of nitrogens with zero attached hydrogens (tertiary/aromatic N) is 5. The van der Waals surface area contributed by atoms with Gasteiger partial charge in [0.1, 0.15) is 0 Å². The molecule has 0 bridgehead atoms. The van der Waals surface area contributed by atoms with Crippen molar-refractivity contribution in [2.45, 2.75) is 13.5 Å². The predicted molar refractivity (Wildman–Crippen MR) is 128 cm³/mol. The van der Waals surface area contributed by atoms with Crippen LogP contribution >= 0.6 is 11.6 Å². The molecule has 0 aliphatic rings. The van der Waals surface area contributed by atoms with Crippen LogP contribution in [-0.4, -0.2) is 36.3 Å². The van der Waals surface area contributed by atoms with Gasteiger partial charge in [-0.3, -0.25) is 22.9 Å². The lowest BCUT2D eigenvalue weighted by atomic mass is 10.1. The number of halogens is 1. The fraction of sp³-hybridized carbons (Fsp3) is 0.208. The first-order valence-corrected chi connectivity index (χ1v) is 11.0. The van der Waals surface area contributed by atoms with Crippen LogP contribution in [0.1, 0.15) is 6.92 Å².